The van der Waals surface area contributed by atoms with E-state index in [0.29, 0.717) is 0 Å². The van der Waals surface area contributed by atoms with Crippen molar-refractivity contribution in [3.63, 3.8) is 0 Å². The Balaban J connectivity index is 0.00000125. The summed E-state index contributed by atoms with van der Waals surface area (Å²) in [6.07, 6.45) is 8.23. The van der Waals surface area contributed by atoms with Crippen LogP contribution in [0.4, 0.5) is 0 Å². The second kappa shape index (κ2) is 4.72. The van der Waals surface area contributed by atoms with Gasteiger partial charge in [-0.25, -0.2) is 0 Å². The molecule has 5 rings (SSSR count). The summed E-state index contributed by atoms with van der Waals surface area (Å²) < 4.78 is 2.36. The Morgan fingerprint density at radius 2 is 1.59 bits per heavy atom. The molecule has 0 fully saturated rings. The lowest BCUT2D eigenvalue weighted by molar-refractivity contribution is 1.17. The number of pyridine rings is 1. The summed E-state index contributed by atoms with van der Waals surface area (Å²) in [5, 5.41) is 2.47. The van der Waals surface area contributed by atoms with E-state index in [-0.39, 0.29) is 12.4 Å². The van der Waals surface area contributed by atoms with Crippen molar-refractivity contribution in [3.05, 3.63) is 72.1 Å². The number of fused-ring (bicyclic) bond motifs is 5. The molecule has 0 N–H and O–H groups in total. The van der Waals surface area contributed by atoms with Crippen molar-refractivity contribution in [2.75, 3.05) is 0 Å². The third-order valence-corrected chi connectivity index (χ3v) is 4.24. The van der Waals surface area contributed by atoms with Gasteiger partial charge in [0.25, 0.3) is 0 Å². The van der Waals surface area contributed by atoms with Crippen LogP contribution in [0.15, 0.2) is 60.9 Å². The molecule has 0 amide bonds. The summed E-state index contributed by atoms with van der Waals surface area (Å²) in [5.74, 6) is 0. The molecule has 0 radical (unpaired) electrons. The molecule has 4 aromatic rings. The molecule has 106 valence electrons. The minimum absolute atomic E-state index is 0. The van der Waals surface area contributed by atoms with Crippen LogP contribution in [0.3, 0.4) is 0 Å². The summed E-state index contributed by atoms with van der Waals surface area (Å²) >= 11 is 0. The molecule has 2 aromatic carbocycles. The first-order chi connectivity index (χ1) is 10.4. The van der Waals surface area contributed by atoms with Gasteiger partial charge in [-0.05, 0) is 23.3 Å². The van der Waals surface area contributed by atoms with Crippen molar-refractivity contribution in [2.45, 2.75) is 0 Å². The third kappa shape index (κ3) is 1.59. The molecule has 1 aliphatic heterocycles. The standard InChI is InChI=1S/C19H12N2.ClH/c1-2-7-17-13(4-1)8-9-14-5-3-6-15-16-12-20-11-10-18(16)21(17)19(14)15;/h1-12H;1H. The highest BCUT2D eigenvalue weighted by molar-refractivity contribution is 6.12. The Kier molecular flexibility index (Phi) is 2.81. The average molecular weight is 305 g/mol. The van der Waals surface area contributed by atoms with Crippen LogP contribution >= 0.6 is 12.4 Å². The van der Waals surface area contributed by atoms with Gasteiger partial charge in [0.1, 0.15) is 0 Å². The summed E-state index contributed by atoms with van der Waals surface area (Å²) in [4.78, 5) is 4.31. The van der Waals surface area contributed by atoms with Gasteiger partial charge in [0.2, 0.25) is 0 Å². The van der Waals surface area contributed by atoms with Crippen molar-refractivity contribution in [1.29, 1.82) is 0 Å². The molecule has 2 nitrogen and oxygen atoms in total. The number of hydrogen-bond acceptors (Lipinski definition) is 1. The molecule has 0 bridgehead atoms. The van der Waals surface area contributed by atoms with Crippen LogP contribution in [0.1, 0.15) is 11.1 Å². The molecule has 3 heterocycles. The number of benzene rings is 2. The molecule has 22 heavy (non-hydrogen) atoms. The number of para-hydroxylation sites is 2. The van der Waals surface area contributed by atoms with Crippen LogP contribution in [-0.2, 0) is 0 Å². The zero-order valence-electron chi connectivity index (χ0n) is 11.7. The quantitative estimate of drug-likeness (QED) is 0.390. The number of halogens is 1. The minimum atomic E-state index is 0. The van der Waals surface area contributed by atoms with E-state index in [1.165, 1.54) is 38.6 Å². The Labute approximate surface area is 134 Å². The molecule has 0 saturated carbocycles. The molecule has 0 atom stereocenters. The third-order valence-electron chi connectivity index (χ3n) is 4.24. The van der Waals surface area contributed by atoms with E-state index in [2.05, 4.69) is 70.2 Å². The molecule has 2 aromatic heterocycles. The van der Waals surface area contributed by atoms with Gasteiger partial charge in [0.05, 0.1) is 16.7 Å². The maximum absolute atomic E-state index is 4.31. The zero-order valence-corrected chi connectivity index (χ0v) is 12.5. The fraction of sp³-hybridized carbons (Fsp3) is 0. The van der Waals surface area contributed by atoms with Crippen LogP contribution in [0.5, 0.6) is 0 Å². The van der Waals surface area contributed by atoms with Crippen LogP contribution in [0.25, 0.3) is 39.6 Å². The highest BCUT2D eigenvalue weighted by Gasteiger charge is 2.17. The van der Waals surface area contributed by atoms with E-state index >= 15 is 0 Å². The molecule has 0 aliphatic carbocycles. The van der Waals surface area contributed by atoms with Crippen molar-refractivity contribution in [2.24, 2.45) is 0 Å². The van der Waals surface area contributed by atoms with E-state index in [4.69, 9.17) is 0 Å². The maximum Gasteiger partial charge on any atom is 0.0614 e. The van der Waals surface area contributed by atoms with Gasteiger partial charge in [0, 0.05) is 23.2 Å². The summed E-state index contributed by atoms with van der Waals surface area (Å²) in [6, 6.07) is 17.1. The van der Waals surface area contributed by atoms with E-state index < -0.39 is 0 Å². The largest absolute Gasteiger partial charge is 0.308 e. The van der Waals surface area contributed by atoms with Crippen LogP contribution in [0, 0.1) is 0 Å². The number of aromatic nitrogens is 2. The topological polar surface area (TPSA) is 17.8 Å². The molecule has 0 spiro atoms. The van der Waals surface area contributed by atoms with E-state index in [1.54, 1.807) is 0 Å². The Hall–Kier alpha value is -2.58. The van der Waals surface area contributed by atoms with Crippen LogP contribution in [0.2, 0.25) is 0 Å². The second-order valence-corrected chi connectivity index (χ2v) is 5.36. The Morgan fingerprint density at radius 3 is 2.55 bits per heavy atom. The van der Waals surface area contributed by atoms with Crippen molar-refractivity contribution < 1.29 is 0 Å². The zero-order chi connectivity index (χ0) is 13.8. The normalized spacial score (nSPS) is 12.0. The van der Waals surface area contributed by atoms with E-state index in [0.717, 1.165) is 0 Å². The monoisotopic (exact) mass is 304 g/mol. The smallest absolute Gasteiger partial charge is 0.0614 e. The molecular weight excluding hydrogens is 292 g/mol. The molecule has 3 heteroatoms. The van der Waals surface area contributed by atoms with E-state index in [9.17, 15) is 0 Å². The Bertz CT molecular complexity index is 1040. The maximum atomic E-state index is 4.31. The first-order valence-electron chi connectivity index (χ1n) is 7.08. The van der Waals surface area contributed by atoms with Gasteiger partial charge in [-0.15, -0.1) is 12.4 Å². The highest BCUT2D eigenvalue weighted by Crippen LogP contribution is 2.37. The second-order valence-electron chi connectivity index (χ2n) is 5.36. The van der Waals surface area contributed by atoms with Gasteiger partial charge in [-0.1, -0.05) is 48.6 Å². The fourth-order valence-electron chi connectivity index (χ4n) is 3.33. The van der Waals surface area contributed by atoms with E-state index in [1.807, 2.05) is 12.4 Å². The molecule has 1 aliphatic rings. The SMILES string of the molecule is C1=Cc2cccc3c4cnccc4n(c23)-c2ccccc21.Cl. The molecular formula is C19H13ClN2. The molecule has 0 saturated heterocycles. The van der Waals surface area contributed by atoms with Crippen LogP contribution < -0.4 is 0 Å². The van der Waals surface area contributed by atoms with Gasteiger partial charge >= 0.3 is 0 Å². The number of hydrogen-bond donors (Lipinski definition) is 0. The Morgan fingerprint density at radius 1 is 0.773 bits per heavy atom. The van der Waals surface area contributed by atoms with Gasteiger partial charge in [-0.2, -0.15) is 0 Å². The van der Waals surface area contributed by atoms with Crippen molar-refractivity contribution >= 4 is 46.4 Å². The predicted molar refractivity (Wildman–Crippen MR) is 94.8 cm³/mol. The summed E-state index contributed by atoms with van der Waals surface area (Å²) in [7, 11) is 0. The lowest BCUT2D eigenvalue weighted by Crippen LogP contribution is -1.96. The molecule has 0 unspecified atom stereocenters. The summed E-state index contributed by atoms with van der Waals surface area (Å²) in [5.41, 5.74) is 6.19. The van der Waals surface area contributed by atoms with Crippen LogP contribution in [-0.4, -0.2) is 9.55 Å². The average Bonchev–Trinajstić information content (AvgIpc) is 2.78. The first-order valence-corrected chi connectivity index (χ1v) is 7.08. The lowest BCUT2D eigenvalue weighted by Gasteiger charge is -2.10. The van der Waals surface area contributed by atoms with Gasteiger partial charge in [-0.3, -0.25) is 4.98 Å². The summed E-state index contributed by atoms with van der Waals surface area (Å²) in [6.45, 7) is 0. The number of nitrogens with zero attached hydrogens (tertiary/aromatic N) is 2. The van der Waals surface area contributed by atoms with Gasteiger partial charge < -0.3 is 4.57 Å². The number of rotatable bonds is 0. The predicted octanol–water partition coefficient (Wildman–Crippen LogP) is 5.08. The minimum Gasteiger partial charge on any atom is -0.308 e. The fourth-order valence-corrected chi connectivity index (χ4v) is 3.33. The van der Waals surface area contributed by atoms with Crippen molar-refractivity contribution in [3.8, 4) is 5.69 Å². The highest BCUT2D eigenvalue weighted by atomic mass is 35.5. The first kappa shape index (κ1) is 13.1. The van der Waals surface area contributed by atoms with Gasteiger partial charge in [0.15, 0.2) is 0 Å². The lowest BCUT2D eigenvalue weighted by atomic mass is 10.1. The van der Waals surface area contributed by atoms with Crippen molar-refractivity contribution in [1.82, 2.24) is 9.55 Å².